The Bertz CT molecular complexity index is 712. The molecule has 6 N–H and O–H groups in total. The fourth-order valence-electron chi connectivity index (χ4n) is 1.67. The maximum atomic E-state index is 5.77. The zero-order chi connectivity index (χ0) is 13.4. The molecular weight excluding hydrogens is 282 g/mol. The molecule has 0 aliphatic carbocycles. The van der Waals surface area contributed by atoms with Crippen molar-refractivity contribution in [3.05, 3.63) is 23.3 Å². The van der Waals surface area contributed by atoms with Crippen LogP contribution in [-0.4, -0.2) is 19.4 Å². The molecule has 0 saturated carbocycles. The Balaban J connectivity index is 2.02. The van der Waals surface area contributed by atoms with Gasteiger partial charge in [-0.25, -0.2) is 15.0 Å². The number of hydrogen-bond donors (Lipinski definition) is 3. The lowest BCUT2D eigenvalue weighted by atomic mass is 10.5. The predicted molar refractivity (Wildman–Crippen MR) is 75.9 cm³/mol. The molecule has 3 heterocycles. The van der Waals surface area contributed by atoms with Gasteiger partial charge in [0.05, 0.1) is 5.69 Å². The molecule has 9 heteroatoms. The highest BCUT2D eigenvalue weighted by atomic mass is 32.2. The molecule has 0 amide bonds. The maximum absolute atomic E-state index is 5.77. The summed E-state index contributed by atoms with van der Waals surface area (Å²) >= 11 is 2.86. The predicted octanol–water partition coefficient (Wildman–Crippen LogP) is 0.960. The molecule has 0 unspecified atom stereocenters. The van der Waals surface area contributed by atoms with Crippen LogP contribution >= 0.6 is 23.1 Å². The van der Waals surface area contributed by atoms with Crippen molar-refractivity contribution >= 4 is 39.7 Å². The van der Waals surface area contributed by atoms with E-state index in [1.807, 2.05) is 16.0 Å². The van der Waals surface area contributed by atoms with Gasteiger partial charge in [-0.3, -0.25) is 4.40 Å². The number of nitrogens with zero attached hydrogens (tertiary/aromatic N) is 4. The third kappa shape index (κ3) is 2.23. The van der Waals surface area contributed by atoms with Gasteiger partial charge < -0.3 is 17.2 Å². The first-order valence-electron chi connectivity index (χ1n) is 5.39. The van der Waals surface area contributed by atoms with E-state index in [2.05, 4.69) is 15.0 Å². The third-order valence-corrected chi connectivity index (χ3v) is 4.09. The first-order valence-corrected chi connectivity index (χ1v) is 7.09. The summed E-state index contributed by atoms with van der Waals surface area (Å²) in [6.45, 7) is 0.387. The Labute approximate surface area is 116 Å². The lowest BCUT2D eigenvalue weighted by Crippen LogP contribution is -2.02. The number of fused-ring (bicyclic) bond motifs is 1. The van der Waals surface area contributed by atoms with Crippen LogP contribution in [0.1, 0.15) is 5.69 Å². The molecule has 0 aliphatic rings. The monoisotopic (exact) mass is 293 g/mol. The zero-order valence-corrected chi connectivity index (χ0v) is 11.4. The molecule has 19 heavy (non-hydrogen) atoms. The lowest BCUT2D eigenvalue weighted by Gasteiger charge is -2.02. The van der Waals surface area contributed by atoms with Gasteiger partial charge in [-0.1, -0.05) is 0 Å². The summed E-state index contributed by atoms with van der Waals surface area (Å²) in [5.74, 6) is 0.677. The van der Waals surface area contributed by atoms with Crippen molar-refractivity contribution < 1.29 is 0 Å². The second kappa shape index (κ2) is 4.68. The van der Waals surface area contributed by atoms with E-state index >= 15 is 0 Å². The summed E-state index contributed by atoms with van der Waals surface area (Å²) < 4.78 is 1.96. The molecule has 3 rings (SSSR count). The van der Waals surface area contributed by atoms with Crippen molar-refractivity contribution in [2.45, 2.75) is 16.7 Å². The molecule has 0 saturated heterocycles. The quantitative estimate of drug-likeness (QED) is 0.615. The number of imidazole rings is 1. The molecule has 0 spiro atoms. The largest absolute Gasteiger partial charge is 0.383 e. The number of nitrogen functional groups attached to an aromatic ring is 2. The molecule has 0 aromatic carbocycles. The van der Waals surface area contributed by atoms with Crippen molar-refractivity contribution in [2.24, 2.45) is 5.73 Å². The number of anilines is 2. The molecule has 0 radical (unpaired) electrons. The number of hydrogen-bond acceptors (Lipinski definition) is 8. The van der Waals surface area contributed by atoms with Crippen LogP contribution in [-0.2, 0) is 6.54 Å². The summed E-state index contributed by atoms with van der Waals surface area (Å²) in [6.07, 6.45) is 1.94. The minimum atomic E-state index is 0.338. The van der Waals surface area contributed by atoms with E-state index < -0.39 is 0 Å². The van der Waals surface area contributed by atoms with Crippen molar-refractivity contribution in [3.8, 4) is 0 Å². The van der Waals surface area contributed by atoms with E-state index in [1.54, 1.807) is 11.3 Å². The summed E-state index contributed by atoms with van der Waals surface area (Å²) in [5, 5.41) is 3.21. The summed E-state index contributed by atoms with van der Waals surface area (Å²) in [6, 6.07) is 1.51. The zero-order valence-electron chi connectivity index (χ0n) is 9.78. The molecule has 3 aromatic heterocycles. The Morgan fingerprint density at radius 1 is 1.21 bits per heavy atom. The highest BCUT2D eigenvalue weighted by Crippen LogP contribution is 2.30. The number of rotatable bonds is 3. The maximum Gasteiger partial charge on any atom is 0.197 e. The Hall–Kier alpha value is -1.84. The smallest absolute Gasteiger partial charge is 0.197 e. The molecule has 0 atom stereocenters. The standard InChI is InChI=1S/C10H11N7S2/c11-4-5-8(16-10-17(5)1-2-18-10)19-9-14-6(12)3-7(13)15-9/h1-3H,4,11H2,(H4,12,13,14,15). The average molecular weight is 293 g/mol. The SMILES string of the molecule is NCc1c(Sc2nc(N)cc(N)n2)nc2sccn12. The fraction of sp³-hybridized carbons (Fsp3) is 0.100. The van der Waals surface area contributed by atoms with Crippen LogP contribution in [0.3, 0.4) is 0 Å². The Morgan fingerprint density at radius 3 is 2.63 bits per heavy atom. The number of thiazole rings is 1. The lowest BCUT2D eigenvalue weighted by molar-refractivity contribution is 0.917. The number of aromatic nitrogens is 4. The van der Waals surface area contributed by atoms with Crippen molar-refractivity contribution in [1.82, 2.24) is 19.4 Å². The molecular formula is C10H11N7S2. The summed E-state index contributed by atoms with van der Waals surface area (Å²) in [7, 11) is 0. The first kappa shape index (κ1) is 12.2. The van der Waals surface area contributed by atoms with Gasteiger partial charge in [0.1, 0.15) is 16.7 Å². The van der Waals surface area contributed by atoms with E-state index in [9.17, 15) is 0 Å². The highest BCUT2D eigenvalue weighted by molar-refractivity contribution is 7.99. The second-order valence-electron chi connectivity index (χ2n) is 3.73. The van der Waals surface area contributed by atoms with Gasteiger partial charge in [0.25, 0.3) is 0 Å². The minimum absolute atomic E-state index is 0.338. The molecule has 0 bridgehead atoms. The first-order chi connectivity index (χ1) is 9.17. The van der Waals surface area contributed by atoms with Crippen LogP contribution in [0.4, 0.5) is 11.6 Å². The van der Waals surface area contributed by atoms with E-state index in [1.165, 1.54) is 17.8 Å². The number of nitrogens with two attached hydrogens (primary N) is 3. The van der Waals surface area contributed by atoms with Gasteiger partial charge in [-0.05, 0) is 11.8 Å². The molecule has 98 valence electrons. The van der Waals surface area contributed by atoms with Crippen molar-refractivity contribution in [1.29, 1.82) is 0 Å². The van der Waals surface area contributed by atoms with Gasteiger partial charge in [-0.15, -0.1) is 11.3 Å². The molecule has 0 fully saturated rings. The summed E-state index contributed by atoms with van der Waals surface area (Å²) in [4.78, 5) is 13.6. The van der Waals surface area contributed by atoms with Gasteiger partial charge in [0.15, 0.2) is 10.1 Å². The second-order valence-corrected chi connectivity index (χ2v) is 5.55. The fourth-order valence-corrected chi connectivity index (χ4v) is 3.37. The van der Waals surface area contributed by atoms with Crippen LogP contribution in [0.2, 0.25) is 0 Å². The van der Waals surface area contributed by atoms with Crippen molar-refractivity contribution in [2.75, 3.05) is 11.5 Å². The van der Waals surface area contributed by atoms with Crippen LogP contribution in [0, 0.1) is 0 Å². The normalized spacial score (nSPS) is 11.2. The average Bonchev–Trinajstić information content (AvgIpc) is 2.87. The van der Waals surface area contributed by atoms with Gasteiger partial charge in [0, 0.05) is 24.2 Å². The van der Waals surface area contributed by atoms with Gasteiger partial charge in [-0.2, -0.15) is 0 Å². The minimum Gasteiger partial charge on any atom is -0.383 e. The van der Waals surface area contributed by atoms with Crippen molar-refractivity contribution in [3.63, 3.8) is 0 Å². The molecule has 3 aromatic rings. The highest BCUT2D eigenvalue weighted by Gasteiger charge is 2.14. The molecule has 0 aliphatic heterocycles. The Morgan fingerprint density at radius 2 is 1.95 bits per heavy atom. The van der Waals surface area contributed by atoms with Crippen LogP contribution in [0.15, 0.2) is 27.8 Å². The molecule has 7 nitrogen and oxygen atoms in total. The summed E-state index contributed by atoms with van der Waals surface area (Å²) in [5.41, 5.74) is 18.0. The van der Waals surface area contributed by atoms with E-state index in [-0.39, 0.29) is 0 Å². The third-order valence-electron chi connectivity index (χ3n) is 2.45. The van der Waals surface area contributed by atoms with E-state index in [0.717, 1.165) is 15.7 Å². The van der Waals surface area contributed by atoms with E-state index in [4.69, 9.17) is 17.2 Å². The Kier molecular flexibility index (Phi) is 3.01. The van der Waals surface area contributed by atoms with Crippen LogP contribution in [0.5, 0.6) is 0 Å². The van der Waals surface area contributed by atoms with Gasteiger partial charge in [0.2, 0.25) is 0 Å². The van der Waals surface area contributed by atoms with Gasteiger partial charge >= 0.3 is 0 Å². The topological polar surface area (TPSA) is 121 Å². The van der Waals surface area contributed by atoms with Crippen LogP contribution in [0.25, 0.3) is 4.96 Å². The van der Waals surface area contributed by atoms with Crippen LogP contribution < -0.4 is 17.2 Å². The van der Waals surface area contributed by atoms with E-state index in [0.29, 0.717) is 23.3 Å².